The van der Waals surface area contributed by atoms with E-state index in [-0.39, 0.29) is 10.7 Å². The van der Waals surface area contributed by atoms with Crippen molar-refractivity contribution >= 4 is 15.5 Å². The SMILES string of the molecule is O=[N+]([O-])c1ccc(S(=O)(=O)[C@@H]2CCCNC2)nc1. The number of rotatable bonds is 3. The van der Waals surface area contributed by atoms with Gasteiger partial charge in [0.15, 0.2) is 14.9 Å². The Balaban J connectivity index is 2.26. The maximum absolute atomic E-state index is 12.2. The smallest absolute Gasteiger partial charge is 0.287 e. The van der Waals surface area contributed by atoms with E-state index >= 15 is 0 Å². The number of nitro groups is 1. The van der Waals surface area contributed by atoms with Crippen molar-refractivity contribution in [2.75, 3.05) is 13.1 Å². The lowest BCUT2D eigenvalue weighted by molar-refractivity contribution is -0.385. The molecule has 0 spiro atoms. The molecule has 2 heterocycles. The van der Waals surface area contributed by atoms with Crippen LogP contribution in [0.2, 0.25) is 0 Å². The second kappa shape index (κ2) is 4.99. The predicted molar refractivity (Wildman–Crippen MR) is 64.0 cm³/mol. The summed E-state index contributed by atoms with van der Waals surface area (Å²) >= 11 is 0. The van der Waals surface area contributed by atoms with Crippen LogP contribution in [0.4, 0.5) is 5.69 Å². The predicted octanol–water partition coefficient (Wildman–Crippen LogP) is 0.515. The Morgan fingerprint density at radius 3 is 2.72 bits per heavy atom. The van der Waals surface area contributed by atoms with Crippen molar-refractivity contribution in [1.29, 1.82) is 0 Å². The Bertz CT molecular complexity index is 535. The molecule has 1 aromatic heterocycles. The van der Waals surface area contributed by atoms with Crippen LogP contribution in [0.5, 0.6) is 0 Å². The lowest BCUT2D eigenvalue weighted by Gasteiger charge is -2.22. The van der Waals surface area contributed by atoms with Crippen LogP contribution < -0.4 is 5.32 Å². The monoisotopic (exact) mass is 271 g/mol. The molecular formula is C10H13N3O4S. The van der Waals surface area contributed by atoms with Crippen LogP contribution in [0.25, 0.3) is 0 Å². The molecule has 18 heavy (non-hydrogen) atoms. The van der Waals surface area contributed by atoms with E-state index in [0.29, 0.717) is 13.0 Å². The van der Waals surface area contributed by atoms with Crippen molar-refractivity contribution in [3.63, 3.8) is 0 Å². The van der Waals surface area contributed by atoms with Crippen molar-refractivity contribution in [2.24, 2.45) is 0 Å². The minimum Gasteiger partial charge on any atom is -0.315 e. The number of aromatic nitrogens is 1. The molecule has 7 nitrogen and oxygen atoms in total. The molecule has 0 saturated carbocycles. The number of piperidine rings is 1. The Kier molecular flexibility index (Phi) is 3.58. The van der Waals surface area contributed by atoms with Gasteiger partial charge in [-0.05, 0) is 25.5 Å². The maximum atomic E-state index is 12.2. The molecule has 0 aliphatic carbocycles. The Morgan fingerprint density at radius 1 is 1.44 bits per heavy atom. The highest BCUT2D eigenvalue weighted by Gasteiger charge is 2.30. The second-order valence-corrected chi connectivity index (χ2v) is 6.30. The van der Waals surface area contributed by atoms with Crippen molar-refractivity contribution in [3.05, 3.63) is 28.4 Å². The van der Waals surface area contributed by atoms with Gasteiger partial charge in [0.25, 0.3) is 5.69 Å². The van der Waals surface area contributed by atoms with Crippen molar-refractivity contribution < 1.29 is 13.3 Å². The molecule has 8 heteroatoms. The Hall–Kier alpha value is -1.54. The molecule has 1 atom stereocenters. The molecule has 0 bridgehead atoms. The number of nitrogens with zero attached hydrogens (tertiary/aromatic N) is 2. The second-order valence-electron chi connectivity index (χ2n) is 4.13. The molecule has 0 aromatic carbocycles. The fourth-order valence-corrected chi connectivity index (χ4v) is 3.52. The number of pyridine rings is 1. The highest BCUT2D eigenvalue weighted by molar-refractivity contribution is 7.92. The zero-order valence-electron chi connectivity index (χ0n) is 9.57. The highest BCUT2D eigenvalue weighted by Crippen LogP contribution is 2.20. The van der Waals surface area contributed by atoms with E-state index in [1.54, 1.807) is 0 Å². The number of nitrogens with one attached hydrogen (secondary N) is 1. The summed E-state index contributed by atoms with van der Waals surface area (Å²) in [5.74, 6) is 0. The Morgan fingerprint density at radius 2 is 2.22 bits per heavy atom. The van der Waals surface area contributed by atoms with E-state index < -0.39 is 20.0 Å². The molecule has 0 radical (unpaired) electrons. The molecule has 1 saturated heterocycles. The summed E-state index contributed by atoms with van der Waals surface area (Å²) < 4.78 is 24.4. The number of hydrogen-bond acceptors (Lipinski definition) is 6. The fourth-order valence-electron chi connectivity index (χ4n) is 1.90. The first-order valence-electron chi connectivity index (χ1n) is 5.57. The van der Waals surface area contributed by atoms with Crippen LogP contribution in [-0.2, 0) is 9.84 Å². The zero-order chi connectivity index (χ0) is 13.2. The first-order valence-corrected chi connectivity index (χ1v) is 7.11. The van der Waals surface area contributed by atoms with E-state index in [1.807, 2.05) is 0 Å². The van der Waals surface area contributed by atoms with E-state index in [1.165, 1.54) is 6.07 Å². The van der Waals surface area contributed by atoms with Gasteiger partial charge in [0, 0.05) is 12.6 Å². The minimum absolute atomic E-state index is 0.0956. The van der Waals surface area contributed by atoms with E-state index in [9.17, 15) is 18.5 Å². The molecule has 1 aliphatic heterocycles. The van der Waals surface area contributed by atoms with Gasteiger partial charge in [-0.1, -0.05) is 0 Å². The first-order chi connectivity index (χ1) is 8.51. The van der Waals surface area contributed by atoms with Gasteiger partial charge in [-0.2, -0.15) is 0 Å². The van der Waals surface area contributed by atoms with Gasteiger partial charge in [-0.3, -0.25) is 10.1 Å². The van der Waals surface area contributed by atoms with Gasteiger partial charge in [-0.25, -0.2) is 13.4 Å². The highest BCUT2D eigenvalue weighted by atomic mass is 32.2. The van der Waals surface area contributed by atoms with Crippen LogP contribution in [0.15, 0.2) is 23.4 Å². The van der Waals surface area contributed by atoms with Crippen LogP contribution >= 0.6 is 0 Å². The summed E-state index contributed by atoms with van der Waals surface area (Å²) in [5, 5.41) is 12.9. The normalized spacial score (nSPS) is 20.6. The third kappa shape index (κ3) is 2.49. The summed E-state index contributed by atoms with van der Waals surface area (Å²) in [4.78, 5) is 13.6. The number of hydrogen-bond donors (Lipinski definition) is 1. The average Bonchev–Trinajstić information content (AvgIpc) is 2.40. The summed E-state index contributed by atoms with van der Waals surface area (Å²) in [5.41, 5.74) is -0.212. The largest absolute Gasteiger partial charge is 0.315 e. The molecule has 0 unspecified atom stereocenters. The molecule has 1 aromatic rings. The molecular weight excluding hydrogens is 258 g/mol. The molecule has 2 rings (SSSR count). The quantitative estimate of drug-likeness (QED) is 0.635. The van der Waals surface area contributed by atoms with Gasteiger partial charge in [0.1, 0.15) is 6.20 Å². The van der Waals surface area contributed by atoms with Crippen molar-refractivity contribution in [3.8, 4) is 0 Å². The van der Waals surface area contributed by atoms with Crippen LogP contribution in [0.3, 0.4) is 0 Å². The van der Waals surface area contributed by atoms with Crippen molar-refractivity contribution in [1.82, 2.24) is 10.3 Å². The van der Waals surface area contributed by atoms with Gasteiger partial charge in [0.2, 0.25) is 0 Å². The molecule has 98 valence electrons. The standard InChI is InChI=1S/C10H13N3O4S/c14-13(15)8-3-4-10(12-6-8)18(16,17)9-2-1-5-11-7-9/h3-4,6,9,11H,1-2,5,7H2/t9-/m1/s1. The molecule has 1 N–H and O–H groups in total. The zero-order valence-corrected chi connectivity index (χ0v) is 10.4. The Labute approximate surface area is 104 Å². The van der Waals surface area contributed by atoms with Gasteiger partial charge >= 0.3 is 0 Å². The fraction of sp³-hybridized carbons (Fsp3) is 0.500. The lowest BCUT2D eigenvalue weighted by atomic mass is 10.2. The maximum Gasteiger partial charge on any atom is 0.287 e. The van der Waals surface area contributed by atoms with Crippen LogP contribution in [0.1, 0.15) is 12.8 Å². The third-order valence-electron chi connectivity index (χ3n) is 2.91. The first kappa shape index (κ1) is 12.9. The van der Waals surface area contributed by atoms with Gasteiger partial charge in [-0.15, -0.1) is 0 Å². The minimum atomic E-state index is -3.50. The summed E-state index contributed by atoms with van der Waals surface area (Å²) in [6.45, 7) is 1.22. The van der Waals surface area contributed by atoms with E-state index in [2.05, 4.69) is 10.3 Å². The van der Waals surface area contributed by atoms with Crippen LogP contribution in [-0.4, -0.2) is 36.7 Å². The van der Waals surface area contributed by atoms with E-state index in [4.69, 9.17) is 0 Å². The summed E-state index contributed by atoms with van der Waals surface area (Å²) in [6, 6.07) is 2.36. The molecule has 1 aliphatic rings. The van der Waals surface area contributed by atoms with E-state index in [0.717, 1.165) is 25.2 Å². The summed E-state index contributed by atoms with van der Waals surface area (Å²) in [7, 11) is -3.50. The molecule has 1 fully saturated rings. The lowest BCUT2D eigenvalue weighted by Crippen LogP contribution is -2.39. The van der Waals surface area contributed by atoms with Crippen molar-refractivity contribution in [2.45, 2.75) is 23.1 Å². The average molecular weight is 271 g/mol. The van der Waals surface area contributed by atoms with Gasteiger partial charge in [0.05, 0.1) is 10.2 Å². The van der Waals surface area contributed by atoms with Gasteiger partial charge < -0.3 is 5.32 Å². The number of sulfone groups is 1. The molecule has 0 amide bonds. The van der Waals surface area contributed by atoms with Crippen LogP contribution in [0, 0.1) is 10.1 Å². The third-order valence-corrected chi connectivity index (χ3v) is 5.02. The topological polar surface area (TPSA) is 102 Å². The summed E-state index contributed by atoms with van der Waals surface area (Å²) in [6.07, 6.45) is 2.37.